The lowest BCUT2D eigenvalue weighted by Crippen LogP contribution is -2.43. The number of nitrogens with zero attached hydrogens (tertiary/aromatic N) is 4. The smallest absolute Gasteiger partial charge is 0.317 e. The van der Waals surface area contributed by atoms with E-state index in [4.69, 9.17) is 33.5 Å². The molecule has 3 unspecified atom stereocenters. The zero-order chi connectivity index (χ0) is 32.7. The van der Waals surface area contributed by atoms with E-state index in [1.54, 1.807) is 6.20 Å². The molecule has 1 fully saturated rings. The van der Waals surface area contributed by atoms with Crippen LogP contribution in [0.3, 0.4) is 0 Å². The predicted molar refractivity (Wildman–Crippen MR) is 184 cm³/mol. The summed E-state index contributed by atoms with van der Waals surface area (Å²) in [4.78, 5) is 9.21. The molecule has 0 saturated carbocycles. The van der Waals surface area contributed by atoms with E-state index in [9.17, 15) is 0 Å². The van der Waals surface area contributed by atoms with Crippen molar-refractivity contribution in [3.8, 4) is 23.1 Å². The van der Waals surface area contributed by atoms with Crippen molar-refractivity contribution in [1.82, 2.24) is 19.7 Å². The molecule has 3 atom stereocenters. The highest BCUT2D eigenvalue weighted by atomic mass is 28.4. The Morgan fingerprint density at radius 2 is 1.83 bits per heavy atom. The van der Waals surface area contributed by atoms with Crippen LogP contribution in [0.1, 0.15) is 72.1 Å². The maximum absolute atomic E-state index is 6.69. The Bertz CT molecular complexity index is 1550. The molecule has 0 aliphatic carbocycles. The fourth-order valence-corrected chi connectivity index (χ4v) is 6.11. The van der Waals surface area contributed by atoms with Gasteiger partial charge in [0, 0.05) is 24.6 Å². The van der Waals surface area contributed by atoms with Gasteiger partial charge in [0.1, 0.15) is 17.5 Å². The quantitative estimate of drug-likeness (QED) is 0.0998. The van der Waals surface area contributed by atoms with Gasteiger partial charge < -0.3 is 23.4 Å². The molecule has 2 aromatic carbocycles. The van der Waals surface area contributed by atoms with E-state index in [1.165, 1.54) is 0 Å². The van der Waals surface area contributed by atoms with Gasteiger partial charge in [-0.3, -0.25) is 0 Å². The summed E-state index contributed by atoms with van der Waals surface area (Å²) in [6.45, 7) is 17.7. The van der Waals surface area contributed by atoms with E-state index in [0.717, 1.165) is 53.8 Å². The van der Waals surface area contributed by atoms with Gasteiger partial charge in [-0.1, -0.05) is 51.1 Å². The third-order valence-corrected chi connectivity index (χ3v) is 13.2. The Morgan fingerprint density at radius 3 is 2.57 bits per heavy atom. The summed E-state index contributed by atoms with van der Waals surface area (Å²) >= 11 is 0. The molecule has 1 aliphatic rings. The first-order valence-corrected chi connectivity index (χ1v) is 19.5. The van der Waals surface area contributed by atoms with E-state index in [0.29, 0.717) is 37.9 Å². The summed E-state index contributed by atoms with van der Waals surface area (Å²) in [5, 5.41) is 6.13. The molecule has 0 amide bonds. The van der Waals surface area contributed by atoms with Crippen LogP contribution in [0.2, 0.25) is 18.1 Å². The van der Waals surface area contributed by atoms with Crippen LogP contribution in [-0.2, 0) is 20.8 Å². The Balaban J connectivity index is 1.26. The van der Waals surface area contributed by atoms with Crippen molar-refractivity contribution in [2.24, 2.45) is 0 Å². The Labute approximate surface area is 274 Å². The minimum absolute atomic E-state index is 0.00196. The predicted octanol–water partition coefficient (Wildman–Crippen LogP) is 8.36. The molecule has 5 rings (SSSR count). The monoisotopic (exact) mass is 646 g/mol. The highest BCUT2D eigenvalue weighted by Gasteiger charge is 2.39. The lowest BCUT2D eigenvalue weighted by Gasteiger charge is -2.36. The van der Waals surface area contributed by atoms with Gasteiger partial charge in [-0.2, -0.15) is 10.1 Å². The average Bonchev–Trinajstić information content (AvgIpc) is 3.41. The fraction of sp³-hybridized carbons (Fsp3) is 0.528. The minimum Gasteiger partial charge on any atom is -0.543 e. The molecule has 4 aromatic rings. The van der Waals surface area contributed by atoms with Crippen LogP contribution in [0.25, 0.3) is 22.3 Å². The molecular formula is C36H50N4O5Si. The first kappa shape index (κ1) is 34.0. The van der Waals surface area contributed by atoms with Crippen molar-refractivity contribution in [2.75, 3.05) is 19.8 Å². The number of hydrogen-bond donors (Lipinski definition) is 0. The Morgan fingerprint density at radius 1 is 1.02 bits per heavy atom. The fourth-order valence-electron chi connectivity index (χ4n) is 5.08. The third-order valence-electron chi connectivity index (χ3n) is 8.87. The molecule has 10 heteroatoms. The van der Waals surface area contributed by atoms with Gasteiger partial charge in [0.05, 0.1) is 37.1 Å². The molecule has 0 bridgehead atoms. The second-order valence-corrected chi connectivity index (χ2v) is 18.5. The van der Waals surface area contributed by atoms with Crippen molar-refractivity contribution >= 4 is 19.2 Å². The maximum Gasteiger partial charge on any atom is 0.317 e. The lowest BCUT2D eigenvalue weighted by atomic mass is 10.1. The van der Waals surface area contributed by atoms with E-state index in [-0.39, 0.29) is 23.5 Å². The highest BCUT2D eigenvalue weighted by Crippen LogP contribution is 2.39. The van der Waals surface area contributed by atoms with E-state index >= 15 is 0 Å². The lowest BCUT2D eigenvalue weighted by molar-refractivity contribution is -0.0365. The highest BCUT2D eigenvalue weighted by molar-refractivity contribution is 6.74. The van der Waals surface area contributed by atoms with Crippen LogP contribution in [0.4, 0.5) is 0 Å². The first-order chi connectivity index (χ1) is 22.0. The van der Waals surface area contributed by atoms with Crippen LogP contribution < -0.4 is 9.16 Å². The first-order valence-electron chi connectivity index (χ1n) is 16.6. The molecule has 0 spiro atoms. The second-order valence-electron chi connectivity index (χ2n) is 13.8. The van der Waals surface area contributed by atoms with E-state index in [2.05, 4.69) is 69.2 Å². The largest absolute Gasteiger partial charge is 0.543 e. The van der Waals surface area contributed by atoms with Crippen molar-refractivity contribution in [3.63, 3.8) is 0 Å². The Kier molecular flexibility index (Phi) is 11.1. The van der Waals surface area contributed by atoms with Gasteiger partial charge in [-0.05, 0) is 81.1 Å². The number of benzene rings is 2. The summed E-state index contributed by atoms with van der Waals surface area (Å²) in [6, 6.07) is 18.6. The van der Waals surface area contributed by atoms with Gasteiger partial charge in [0.2, 0.25) is 8.32 Å². The SMILES string of the molecule is CC(COCCC(C)Oc1nccc(-c2nn(C3CCCCO3)c3ccc(O[Si](C)(C)C(C)(C)C)cc23)n1)OCc1ccccc1. The molecule has 1 aliphatic heterocycles. The van der Waals surface area contributed by atoms with Crippen molar-refractivity contribution in [1.29, 1.82) is 0 Å². The zero-order valence-electron chi connectivity index (χ0n) is 28.5. The number of ether oxygens (including phenoxy) is 4. The second kappa shape index (κ2) is 15.1. The number of rotatable bonds is 14. The molecule has 1 saturated heterocycles. The number of hydrogen-bond acceptors (Lipinski definition) is 8. The van der Waals surface area contributed by atoms with Gasteiger partial charge in [-0.15, -0.1) is 0 Å². The number of fused-ring (bicyclic) bond motifs is 1. The Hall–Kier alpha value is -3.31. The zero-order valence-corrected chi connectivity index (χ0v) is 29.5. The van der Waals surface area contributed by atoms with Crippen molar-refractivity contribution in [2.45, 2.75) is 103 Å². The van der Waals surface area contributed by atoms with E-state index < -0.39 is 8.32 Å². The van der Waals surface area contributed by atoms with Crippen LogP contribution in [0.15, 0.2) is 60.8 Å². The number of aromatic nitrogens is 4. The van der Waals surface area contributed by atoms with Crippen LogP contribution in [0, 0.1) is 0 Å². The maximum atomic E-state index is 6.69. The van der Waals surface area contributed by atoms with Gasteiger partial charge in [0.25, 0.3) is 0 Å². The van der Waals surface area contributed by atoms with Crippen molar-refractivity contribution in [3.05, 3.63) is 66.4 Å². The topological polar surface area (TPSA) is 89.8 Å². The molecule has 46 heavy (non-hydrogen) atoms. The summed E-state index contributed by atoms with van der Waals surface area (Å²) in [6.07, 6.45) is 5.29. The summed E-state index contributed by atoms with van der Waals surface area (Å²) in [7, 11) is -2.04. The van der Waals surface area contributed by atoms with Crippen molar-refractivity contribution < 1.29 is 23.4 Å². The van der Waals surface area contributed by atoms with Gasteiger partial charge in [-0.25, -0.2) is 9.67 Å². The van der Waals surface area contributed by atoms with E-state index in [1.807, 2.05) is 42.8 Å². The minimum atomic E-state index is -2.04. The summed E-state index contributed by atoms with van der Waals surface area (Å²) in [5.74, 6) is 0.850. The molecule has 0 N–H and O–H groups in total. The normalized spacial score (nSPS) is 17.2. The van der Waals surface area contributed by atoms with Crippen LogP contribution in [0.5, 0.6) is 11.8 Å². The standard InChI is InChI=1S/C36H50N4O5Si/c1-26(19-22-41-24-27(2)43-25-28-13-9-8-10-14-28)44-35-37-20-18-31(38-35)34-30-23-29(45-46(6,7)36(3,4)5)16-17-32(30)40(39-34)33-15-11-12-21-42-33/h8-10,13-14,16-18,20,23,26-27,33H,11-12,15,19,21-22,24-25H2,1-7H3. The molecule has 9 nitrogen and oxygen atoms in total. The van der Waals surface area contributed by atoms with Gasteiger partial charge >= 0.3 is 6.01 Å². The molecule has 3 heterocycles. The molecule has 248 valence electrons. The van der Waals surface area contributed by atoms with Crippen LogP contribution in [-0.4, -0.2) is 60.1 Å². The molecular weight excluding hydrogens is 597 g/mol. The summed E-state index contributed by atoms with van der Waals surface area (Å²) in [5.41, 5.74) is 3.61. The molecule has 2 aromatic heterocycles. The van der Waals surface area contributed by atoms with Crippen LogP contribution >= 0.6 is 0 Å². The molecule has 0 radical (unpaired) electrons. The third kappa shape index (κ3) is 8.73. The van der Waals surface area contributed by atoms with Gasteiger partial charge in [0.15, 0.2) is 6.23 Å². The summed E-state index contributed by atoms with van der Waals surface area (Å²) < 4.78 is 32.8. The average molecular weight is 647 g/mol.